The van der Waals surface area contributed by atoms with E-state index in [-0.39, 0.29) is 10.8 Å². The summed E-state index contributed by atoms with van der Waals surface area (Å²) in [7, 11) is 0. The highest BCUT2D eigenvalue weighted by molar-refractivity contribution is 6.26. The lowest BCUT2D eigenvalue weighted by Gasteiger charge is -2.19. The van der Waals surface area contributed by atoms with E-state index in [0.717, 1.165) is 0 Å². The van der Waals surface area contributed by atoms with Crippen LogP contribution in [0.2, 0.25) is 0 Å². The van der Waals surface area contributed by atoms with Crippen LogP contribution in [0.3, 0.4) is 0 Å². The number of para-hydroxylation sites is 1. The topological polar surface area (TPSA) is 9.86 Å². The number of fused-ring (bicyclic) bond motifs is 7. The first-order chi connectivity index (χ1) is 22.1. The molecule has 0 saturated carbocycles. The third-order valence-corrected chi connectivity index (χ3v) is 9.61. The van der Waals surface area contributed by atoms with Gasteiger partial charge >= 0.3 is 0 Å². The second kappa shape index (κ2) is 10.2. The Bertz CT molecular complexity index is 2410. The van der Waals surface area contributed by atoms with Crippen molar-refractivity contribution in [2.24, 2.45) is 0 Å². The molecular weight excluding hydrogens is 556 g/mol. The van der Waals surface area contributed by atoms with Crippen molar-refractivity contribution >= 4 is 43.6 Å². The van der Waals surface area contributed by atoms with E-state index in [0.29, 0.717) is 0 Å². The Morgan fingerprint density at radius 3 is 1.59 bits per heavy atom. The molecular formula is C44H40N2. The number of nitrogens with zero attached hydrogens (tertiary/aromatic N) is 2. The van der Waals surface area contributed by atoms with Crippen LogP contribution < -0.4 is 0 Å². The van der Waals surface area contributed by atoms with Crippen LogP contribution in [0.15, 0.2) is 133 Å². The predicted octanol–water partition coefficient (Wildman–Crippen LogP) is 12.1. The van der Waals surface area contributed by atoms with E-state index < -0.39 is 0 Å². The largest absolute Gasteiger partial charge is 0.309 e. The molecule has 0 aliphatic rings. The summed E-state index contributed by atoms with van der Waals surface area (Å²) in [5.41, 5.74) is 12.5. The fraction of sp³-hybridized carbons (Fsp3) is 0.182. The molecule has 2 nitrogen and oxygen atoms in total. The maximum Gasteiger partial charge on any atom is 0.0641 e. The highest BCUT2D eigenvalue weighted by atomic mass is 15.0. The first-order valence-electron chi connectivity index (χ1n) is 16.4. The Morgan fingerprint density at radius 2 is 0.935 bits per heavy atom. The Morgan fingerprint density at radius 1 is 0.391 bits per heavy atom. The third kappa shape index (κ3) is 4.47. The Labute approximate surface area is 271 Å². The highest BCUT2D eigenvalue weighted by Crippen LogP contribution is 2.44. The summed E-state index contributed by atoms with van der Waals surface area (Å²) < 4.78 is 4.96. The van der Waals surface area contributed by atoms with Crippen molar-refractivity contribution in [2.75, 3.05) is 0 Å². The maximum atomic E-state index is 2.52. The fourth-order valence-corrected chi connectivity index (χ4v) is 7.12. The fourth-order valence-electron chi connectivity index (χ4n) is 7.12. The monoisotopic (exact) mass is 596 g/mol. The quantitative estimate of drug-likeness (QED) is 0.192. The second-order valence-electron chi connectivity index (χ2n) is 14.7. The number of aromatic nitrogens is 2. The standard InChI is InChI=1S/C44H40N2/c1-43(2,3)31-20-23-38-36(27-31)35-22-25-40-41(42(35)46(38)34-19-13-16-30(26-34)29-14-9-7-10-15-29)37-28-32(44(4,5)6)21-24-39(37)45(40)33-17-11-8-12-18-33/h7-28H,1-6H3. The van der Waals surface area contributed by atoms with E-state index in [9.17, 15) is 0 Å². The van der Waals surface area contributed by atoms with Gasteiger partial charge in [0.25, 0.3) is 0 Å². The van der Waals surface area contributed by atoms with Crippen LogP contribution in [-0.2, 0) is 10.8 Å². The maximum absolute atomic E-state index is 2.52. The summed E-state index contributed by atoms with van der Waals surface area (Å²) in [6, 6.07) is 49.4. The van der Waals surface area contributed by atoms with Gasteiger partial charge in [-0.05, 0) is 87.7 Å². The van der Waals surface area contributed by atoms with Gasteiger partial charge in [0.15, 0.2) is 0 Å². The van der Waals surface area contributed by atoms with Crippen molar-refractivity contribution in [3.8, 4) is 22.5 Å². The molecule has 2 aromatic heterocycles. The van der Waals surface area contributed by atoms with Gasteiger partial charge in [-0.2, -0.15) is 0 Å². The minimum absolute atomic E-state index is 0.0294. The molecule has 0 atom stereocenters. The number of rotatable bonds is 3. The van der Waals surface area contributed by atoms with Crippen molar-refractivity contribution in [1.82, 2.24) is 9.13 Å². The molecule has 2 heterocycles. The molecule has 0 spiro atoms. The van der Waals surface area contributed by atoms with Crippen LogP contribution in [0.1, 0.15) is 52.7 Å². The number of hydrogen-bond acceptors (Lipinski definition) is 0. The Kier molecular flexibility index (Phi) is 6.31. The van der Waals surface area contributed by atoms with Gasteiger partial charge in [0.2, 0.25) is 0 Å². The summed E-state index contributed by atoms with van der Waals surface area (Å²) >= 11 is 0. The third-order valence-electron chi connectivity index (χ3n) is 9.61. The zero-order valence-electron chi connectivity index (χ0n) is 27.6. The lowest BCUT2D eigenvalue weighted by molar-refractivity contribution is 0.591. The van der Waals surface area contributed by atoms with Gasteiger partial charge < -0.3 is 9.13 Å². The molecule has 0 radical (unpaired) electrons. The molecule has 0 unspecified atom stereocenters. The lowest BCUT2D eigenvalue weighted by Crippen LogP contribution is -2.10. The van der Waals surface area contributed by atoms with E-state index in [1.54, 1.807) is 0 Å². The van der Waals surface area contributed by atoms with Gasteiger partial charge in [-0.1, -0.05) is 120 Å². The average molecular weight is 597 g/mol. The SMILES string of the molecule is CC(C)(C)c1ccc2c(c1)c1c(ccc3c4cc(C(C)(C)C)ccc4n(-c4cccc(-c5ccccc5)c4)c31)n2-c1ccccc1. The normalized spacial score (nSPS) is 12.6. The lowest BCUT2D eigenvalue weighted by atomic mass is 9.86. The van der Waals surface area contributed by atoms with Crippen LogP contribution in [0, 0.1) is 0 Å². The minimum Gasteiger partial charge on any atom is -0.309 e. The zero-order valence-corrected chi connectivity index (χ0v) is 27.6. The molecule has 8 rings (SSSR count). The second-order valence-corrected chi connectivity index (χ2v) is 14.7. The molecule has 0 fully saturated rings. The van der Waals surface area contributed by atoms with E-state index in [1.165, 1.54) is 77.2 Å². The molecule has 8 aromatic rings. The molecule has 0 saturated heterocycles. The number of hydrogen-bond donors (Lipinski definition) is 0. The predicted molar refractivity (Wildman–Crippen MR) is 198 cm³/mol. The summed E-state index contributed by atoms with van der Waals surface area (Å²) in [5.74, 6) is 0. The van der Waals surface area contributed by atoms with E-state index in [2.05, 4.69) is 184 Å². The molecule has 46 heavy (non-hydrogen) atoms. The van der Waals surface area contributed by atoms with Crippen molar-refractivity contribution in [1.29, 1.82) is 0 Å². The molecule has 6 aromatic carbocycles. The van der Waals surface area contributed by atoms with Gasteiger partial charge in [-0.25, -0.2) is 0 Å². The van der Waals surface area contributed by atoms with Crippen LogP contribution in [0.25, 0.3) is 66.1 Å². The van der Waals surface area contributed by atoms with Gasteiger partial charge in [-0.15, -0.1) is 0 Å². The summed E-state index contributed by atoms with van der Waals surface area (Å²) in [6.07, 6.45) is 0. The molecule has 226 valence electrons. The molecule has 0 bridgehead atoms. The van der Waals surface area contributed by atoms with Crippen molar-refractivity contribution in [3.05, 3.63) is 145 Å². The molecule has 0 N–H and O–H groups in total. The molecule has 0 amide bonds. The smallest absolute Gasteiger partial charge is 0.0641 e. The van der Waals surface area contributed by atoms with Crippen LogP contribution in [0.4, 0.5) is 0 Å². The Hall–Kier alpha value is -5.08. The van der Waals surface area contributed by atoms with E-state index in [4.69, 9.17) is 0 Å². The van der Waals surface area contributed by atoms with Gasteiger partial charge in [0.05, 0.1) is 22.1 Å². The first kappa shape index (κ1) is 28.4. The van der Waals surface area contributed by atoms with E-state index >= 15 is 0 Å². The summed E-state index contributed by atoms with van der Waals surface area (Å²) in [6.45, 7) is 13.8. The van der Waals surface area contributed by atoms with Crippen LogP contribution in [0.5, 0.6) is 0 Å². The first-order valence-corrected chi connectivity index (χ1v) is 16.4. The van der Waals surface area contributed by atoms with Gasteiger partial charge in [0.1, 0.15) is 0 Å². The molecule has 0 aliphatic carbocycles. The molecule has 0 aliphatic heterocycles. The zero-order chi connectivity index (χ0) is 31.8. The van der Waals surface area contributed by atoms with Gasteiger partial charge in [-0.3, -0.25) is 0 Å². The summed E-state index contributed by atoms with van der Waals surface area (Å²) in [4.78, 5) is 0. The number of benzene rings is 6. The van der Waals surface area contributed by atoms with Crippen LogP contribution >= 0.6 is 0 Å². The average Bonchev–Trinajstić information content (AvgIpc) is 3.57. The molecule has 2 heteroatoms. The summed E-state index contributed by atoms with van der Waals surface area (Å²) in [5, 5.41) is 5.16. The highest BCUT2D eigenvalue weighted by Gasteiger charge is 2.24. The van der Waals surface area contributed by atoms with Crippen molar-refractivity contribution in [2.45, 2.75) is 52.4 Å². The van der Waals surface area contributed by atoms with Gasteiger partial charge in [0, 0.05) is 32.9 Å². The Balaban J connectivity index is 1.57. The van der Waals surface area contributed by atoms with Crippen LogP contribution in [-0.4, -0.2) is 9.13 Å². The van der Waals surface area contributed by atoms with Crippen molar-refractivity contribution < 1.29 is 0 Å². The van der Waals surface area contributed by atoms with Crippen molar-refractivity contribution in [3.63, 3.8) is 0 Å². The van der Waals surface area contributed by atoms with E-state index in [1.807, 2.05) is 0 Å². The minimum atomic E-state index is 0.0294.